The van der Waals surface area contributed by atoms with Gasteiger partial charge in [-0.3, -0.25) is 0 Å². The van der Waals surface area contributed by atoms with Crippen molar-refractivity contribution in [2.45, 2.75) is 13.0 Å². The number of imidazole rings is 1. The number of halogens is 2. The minimum atomic E-state index is -3.28. The minimum Gasteiger partial charge on any atom is -0.369 e. The van der Waals surface area contributed by atoms with Crippen molar-refractivity contribution < 1.29 is 17.2 Å². The van der Waals surface area contributed by atoms with E-state index in [2.05, 4.69) is 4.98 Å². The number of benzene rings is 1. The zero-order valence-corrected chi connectivity index (χ0v) is 11.2. The summed E-state index contributed by atoms with van der Waals surface area (Å²) in [7, 11) is -3.28. The molecule has 0 saturated heterocycles. The van der Waals surface area contributed by atoms with Crippen LogP contribution in [0.25, 0.3) is 11.0 Å². The molecule has 0 aliphatic rings. The van der Waals surface area contributed by atoms with Crippen LogP contribution in [0.2, 0.25) is 0 Å². The number of anilines is 1. The molecule has 2 N–H and O–H groups in total. The highest BCUT2D eigenvalue weighted by Gasteiger charge is 2.21. The number of sulfone groups is 1. The molecule has 0 saturated carbocycles. The second-order valence-electron chi connectivity index (χ2n) is 4.51. The Bertz CT molecular complexity index is 740. The Morgan fingerprint density at radius 2 is 2.05 bits per heavy atom. The standard InChI is InChI=1S/C11H13F2N3O2S/c1-6(5-19(2,17)18)16-10-8(15-11(16)14)4-3-7(12)9(10)13/h3-4,6H,5H2,1-2H3,(H2,14,15). The molecule has 104 valence electrons. The number of fused-ring (bicyclic) bond motifs is 1. The molecule has 0 bridgehead atoms. The maximum atomic E-state index is 13.8. The number of hydrogen-bond acceptors (Lipinski definition) is 4. The van der Waals surface area contributed by atoms with Crippen LogP contribution < -0.4 is 5.73 Å². The Morgan fingerprint density at radius 1 is 1.42 bits per heavy atom. The summed E-state index contributed by atoms with van der Waals surface area (Å²) in [6, 6.07) is 1.61. The summed E-state index contributed by atoms with van der Waals surface area (Å²) >= 11 is 0. The third kappa shape index (κ3) is 2.53. The van der Waals surface area contributed by atoms with E-state index in [0.717, 1.165) is 12.3 Å². The molecule has 0 aliphatic carbocycles. The fourth-order valence-electron chi connectivity index (χ4n) is 2.10. The van der Waals surface area contributed by atoms with E-state index < -0.39 is 27.5 Å². The molecule has 5 nitrogen and oxygen atoms in total. The van der Waals surface area contributed by atoms with Crippen molar-refractivity contribution in [3.8, 4) is 0 Å². The summed E-state index contributed by atoms with van der Waals surface area (Å²) in [6.45, 7) is 1.56. The molecule has 0 radical (unpaired) electrons. The largest absolute Gasteiger partial charge is 0.369 e. The summed E-state index contributed by atoms with van der Waals surface area (Å²) in [4.78, 5) is 3.91. The van der Waals surface area contributed by atoms with Crippen molar-refractivity contribution in [3.63, 3.8) is 0 Å². The third-order valence-corrected chi connectivity index (χ3v) is 3.84. The van der Waals surface area contributed by atoms with Gasteiger partial charge in [0, 0.05) is 12.3 Å². The van der Waals surface area contributed by atoms with Crippen LogP contribution in [0.4, 0.5) is 14.7 Å². The van der Waals surface area contributed by atoms with Gasteiger partial charge >= 0.3 is 0 Å². The number of nitrogen functional groups attached to an aromatic ring is 1. The summed E-state index contributed by atoms with van der Waals surface area (Å²) in [5.74, 6) is -2.39. The van der Waals surface area contributed by atoms with Crippen LogP contribution in [-0.4, -0.2) is 30.0 Å². The van der Waals surface area contributed by atoms with Gasteiger partial charge in [-0.1, -0.05) is 0 Å². The van der Waals surface area contributed by atoms with Gasteiger partial charge in [-0.2, -0.15) is 0 Å². The lowest BCUT2D eigenvalue weighted by Crippen LogP contribution is -2.18. The fraction of sp³-hybridized carbons (Fsp3) is 0.364. The topological polar surface area (TPSA) is 78.0 Å². The molecule has 19 heavy (non-hydrogen) atoms. The molecule has 0 spiro atoms. The van der Waals surface area contributed by atoms with Gasteiger partial charge in [0.15, 0.2) is 11.6 Å². The summed E-state index contributed by atoms with van der Waals surface area (Å²) in [5, 5.41) is 0. The minimum absolute atomic E-state index is 0.0457. The second-order valence-corrected chi connectivity index (χ2v) is 6.70. The van der Waals surface area contributed by atoms with Crippen LogP contribution in [0.15, 0.2) is 12.1 Å². The Kier molecular flexibility index (Phi) is 3.21. The second kappa shape index (κ2) is 4.44. The number of aromatic nitrogens is 2. The molecule has 0 fully saturated rings. The maximum Gasteiger partial charge on any atom is 0.201 e. The number of nitrogens with zero attached hydrogens (tertiary/aromatic N) is 2. The zero-order chi connectivity index (χ0) is 14.4. The van der Waals surface area contributed by atoms with E-state index in [1.165, 1.54) is 10.6 Å². The molecule has 0 aliphatic heterocycles. The summed E-state index contributed by atoms with van der Waals surface area (Å²) in [5.41, 5.74) is 5.73. The Balaban J connectivity index is 2.66. The molecular formula is C11H13F2N3O2S. The number of hydrogen-bond donors (Lipinski definition) is 1. The van der Waals surface area contributed by atoms with Crippen molar-refractivity contribution in [1.29, 1.82) is 0 Å². The number of nitrogens with two attached hydrogens (primary N) is 1. The van der Waals surface area contributed by atoms with Crippen molar-refractivity contribution in [3.05, 3.63) is 23.8 Å². The highest BCUT2D eigenvalue weighted by atomic mass is 32.2. The first-order valence-electron chi connectivity index (χ1n) is 5.50. The monoisotopic (exact) mass is 289 g/mol. The van der Waals surface area contributed by atoms with Crippen molar-refractivity contribution >= 4 is 26.8 Å². The lowest BCUT2D eigenvalue weighted by Gasteiger charge is -2.15. The van der Waals surface area contributed by atoms with E-state index in [-0.39, 0.29) is 22.7 Å². The predicted octanol–water partition coefficient (Wildman–Crippen LogP) is 1.50. The van der Waals surface area contributed by atoms with Crippen molar-refractivity contribution in [1.82, 2.24) is 9.55 Å². The van der Waals surface area contributed by atoms with E-state index in [0.29, 0.717) is 0 Å². The van der Waals surface area contributed by atoms with Crippen LogP contribution in [-0.2, 0) is 9.84 Å². The van der Waals surface area contributed by atoms with Crippen LogP contribution >= 0.6 is 0 Å². The van der Waals surface area contributed by atoms with Gasteiger partial charge in [-0.05, 0) is 19.1 Å². The quantitative estimate of drug-likeness (QED) is 0.929. The lowest BCUT2D eigenvalue weighted by atomic mass is 10.2. The van der Waals surface area contributed by atoms with E-state index in [1.54, 1.807) is 6.92 Å². The fourth-order valence-corrected chi connectivity index (χ4v) is 3.13. The third-order valence-electron chi connectivity index (χ3n) is 2.76. The van der Waals surface area contributed by atoms with Crippen LogP contribution in [0.5, 0.6) is 0 Å². The SMILES string of the molecule is CC(CS(C)(=O)=O)n1c(N)nc2ccc(F)c(F)c21. The molecule has 1 aromatic carbocycles. The number of rotatable bonds is 3. The average molecular weight is 289 g/mol. The van der Waals surface area contributed by atoms with Gasteiger partial charge in [-0.25, -0.2) is 22.2 Å². The van der Waals surface area contributed by atoms with Crippen LogP contribution in [0.1, 0.15) is 13.0 Å². The average Bonchev–Trinajstić information content (AvgIpc) is 2.58. The van der Waals surface area contributed by atoms with Gasteiger partial charge in [-0.15, -0.1) is 0 Å². The maximum absolute atomic E-state index is 13.8. The van der Waals surface area contributed by atoms with E-state index in [1.807, 2.05) is 0 Å². The molecule has 1 aromatic heterocycles. The molecule has 8 heteroatoms. The molecule has 1 heterocycles. The highest BCUT2D eigenvalue weighted by Crippen LogP contribution is 2.27. The zero-order valence-electron chi connectivity index (χ0n) is 10.4. The Labute approximate surface area is 109 Å². The molecule has 1 unspecified atom stereocenters. The van der Waals surface area contributed by atoms with E-state index in [9.17, 15) is 17.2 Å². The smallest absolute Gasteiger partial charge is 0.201 e. The molecule has 1 atom stereocenters. The lowest BCUT2D eigenvalue weighted by molar-refractivity contribution is 0.506. The molecule has 2 aromatic rings. The van der Waals surface area contributed by atoms with E-state index >= 15 is 0 Å². The van der Waals surface area contributed by atoms with Gasteiger partial charge in [0.25, 0.3) is 0 Å². The van der Waals surface area contributed by atoms with Gasteiger partial charge in [0.2, 0.25) is 5.95 Å². The van der Waals surface area contributed by atoms with Gasteiger partial charge in [0.05, 0.1) is 11.3 Å². The van der Waals surface area contributed by atoms with Gasteiger partial charge < -0.3 is 10.3 Å². The van der Waals surface area contributed by atoms with Gasteiger partial charge in [0.1, 0.15) is 15.4 Å². The van der Waals surface area contributed by atoms with Crippen LogP contribution in [0.3, 0.4) is 0 Å². The van der Waals surface area contributed by atoms with Crippen molar-refractivity contribution in [2.24, 2.45) is 0 Å². The predicted molar refractivity (Wildman–Crippen MR) is 68.5 cm³/mol. The first-order valence-corrected chi connectivity index (χ1v) is 7.56. The normalized spacial score (nSPS) is 13.9. The first-order chi connectivity index (χ1) is 8.70. The van der Waals surface area contributed by atoms with Crippen molar-refractivity contribution in [2.75, 3.05) is 17.7 Å². The summed E-state index contributed by atoms with van der Waals surface area (Å²) in [6.07, 6.45) is 1.07. The summed E-state index contributed by atoms with van der Waals surface area (Å²) < 4.78 is 50.9. The molecule has 0 amide bonds. The molecular weight excluding hydrogens is 276 g/mol. The highest BCUT2D eigenvalue weighted by molar-refractivity contribution is 7.90. The van der Waals surface area contributed by atoms with E-state index in [4.69, 9.17) is 5.73 Å². The first kappa shape index (κ1) is 13.7. The van der Waals surface area contributed by atoms with Crippen LogP contribution in [0, 0.1) is 11.6 Å². The Hall–Kier alpha value is -1.70. The Morgan fingerprint density at radius 3 is 2.63 bits per heavy atom. The molecule has 2 rings (SSSR count).